The monoisotopic (exact) mass is 346 g/mol. The number of oxime groups is 1. The molecule has 0 radical (unpaired) electrons. The van der Waals surface area contributed by atoms with Crippen molar-refractivity contribution in [3.8, 4) is 22.7 Å². The molecule has 0 unspecified atom stereocenters. The Morgan fingerprint density at radius 2 is 1.62 bits per heavy atom. The second kappa shape index (κ2) is 6.37. The summed E-state index contributed by atoms with van der Waals surface area (Å²) < 4.78 is 16.6. The fourth-order valence-electron chi connectivity index (χ4n) is 3.26. The van der Waals surface area contributed by atoms with E-state index in [2.05, 4.69) is 5.16 Å². The molecule has 2 N–H and O–H groups in total. The van der Waals surface area contributed by atoms with Crippen LogP contribution in [0.1, 0.15) is 5.56 Å². The summed E-state index contributed by atoms with van der Waals surface area (Å²) in [5.41, 5.74) is 3.44. The lowest BCUT2D eigenvalue weighted by molar-refractivity contribution is 0.322. The van der Waals surface area contributed by atoms with E-state index < -0.39 is 5.82 Å². The van der Waals surface area contributed by atoms with Crippen molar-refractivity contribution in [3.63, 3.8) is 0 Å². The number of rotatable bonds is 3. The molecule has 4 nitrogen and oxygen atoms in total. The zero-order chi connectivity index (χ0) is 18.1. The van der Waals surface area contributed by atoms with Gasteiger partial charge >= 0.3 is 0 Å². The van der Waals surface area contributed by atoms with E-state index in [1.165, 1.54) is 12.3 Å². The van der Waals surface area contributed by atoms with Crippen LogP contribution in [0.15, 0.2) is 78.0 Å². The molecule has 0 spiro atoms. The summed E-state index contributed by atoms with van der Waals surface area (Å²) in [6.07, 6.45) is 1.25. The first-order chi connectivity index (χ1) is 12.7. The van der Waals surface area contributed by atoms with Crippen molar-refractivity contribution in [2.75, 3.05) is 0 Å². The van der Waals surface area contributed by atoms with Gasteiger partial charge in [-0.1, -0.05) is 41.6 Å². The maximum atomic E-state index is 14.7. The van der Waals surface area contributed by atoms with Crippen molar-refractivity contribution in [2.45, 2.75) is 0 Å². The van der Waals surface area contributed by atoms with Crippen LogP contribution in [-0.4, -0.2) is 21.1 Å². The Hall–Kier alpha value is -3.60. The summed E-state index contributed by atoms with van der Waals surface area (Å²) in [4.78, 5) is 0. The molecule has 0 aliphatic carbocycles. The minimum atomic E-state index is -0.396. The molecule has 4 rings (SSSR count). The van der Waals surface area contributed by atoms with E-state index in [-0.39, 0.29) is 5.75 Å². The Morgan fingerprint density at radius 1 is 0.885 bits per heavy atom. The molecule has 0 atom stereocenters. The molecule has 1 heterocycles. The summed E-state index contributed by atoms with van der Waals surface area (Å²) in [5, 5.41) is 22.3. The maximum absolute atomic E-state index is 14.7. The topological polar surface area (TPSA) is 57.8 Å². The predicted octanol–water partition coefficient (Wildman–Crippen LogP) is 4.95. The molecule has 26 heavy (non-hydrogen) atoms. The number of hydrogen-bond acceptors (Lipinski definition) is 3. The highest BCUT2D eigenvalue weighted by Crippen LogP contribution is 2.37. The van der Waals surface area contributed by atoms with Crippen LogP contribution >= 0.6 is 0 Å². The number of phenolic OH excluding ortho intramolecular Hbond substituents is 1. The summed E-state index contributed by atoms with van der Waals surface area (Å²) >= 11 is 0. The van der Waals surface area contributed by atoms with Crippen LogP contribution < -0.4 is 0 Å². The summed E-state index contributed by atoms with van der Waals surface area (Å²) in [5.74, 6) is -0.248. The van der Waals surface area contributed by atoms with Gasteiger partial charge in [-0.3, -0.25) is 0 Å². The van der Waals surface area contributed by atoms with Crippen LogP contribution in [0, 0.1) is 5.82 Å². The zero-order valence-electron chi connectivity index (χ0n) is 13.7. The van der Waals surface area contributed by atoms with Gasteiger partial charge in [0.25, 0.3) is 0 Å². The lowest BCUT2D eigenvalue weighted by Crippen LogP contribution is -1.98. The van der Waals surface area contributed by atoms with Gasteiger partial charge in [0.15, 0.2) is 0 Å². The van der Waals surface area contributed by atoms with Gasteiger partial charge in [-0.05, 0) is 42.0 Å². The lowest BCUT2D eigenvalue weighted by Gasteiger charge is -2.12. The van der Waals surface area contributed by atoms with Crippen LogP contribution in [0.3, 0.4) is 0 Å². The minimum Gasteiger partial charge on any atom is -0.508 e. The number of fused-ring (bicyclic) bond motifs is 1. The number of aromatic hydroxyl groups is 1. The lowest BCUT2D eigenvalue weighted by atomic mass is 10.1. The van der Waals surface area contributed by atoms with Crippen LogP contribution in [0.4, 0.5) is 4.39 Å². The highest BCUT2D eigenvalue weighted by atomic mass is 19.1. The standard InChI is InChI=1S/C21H15FN2O2/c22-18-7-4-8-19-20(18)17(13-23-26)21(14-5-2-1-3-6-14)24(19)15-9-11-16(25)12-10-15/h1-13,25-26H. The summed E-state index contributed by atoms with van der Waals surface area (Å²) in [6.45, 7) is 0. The molecule has 0 aliphatic rings. The van der Waals surface area contributed by atoms with Gasteiger partial charge < -0.3 is 14.9 Å². The maximum Gasteiger partial charge on any atom is 0.133 e. The number of benzene rings is 3. The van der Waals surface area contributed by atoms with Crippen LogP contribution in [0.25, 0.3) is 27.8 Å². The molecule has 0 saturated carbocycles. The molecule has 0 saturated heterocycles. The van der Waals surface area contributed by atoms with Gasteiger partial charge in [-0.2, -0.15) is 0 Å². The number of aromatic nitrogens is 1. The van der Waals surface area contributed by atoms with Crippen molar-refractivity contribution in [1.82, 2.24) is 4.57 Å². The van der Waals surface area contributed by atoms with Crippen molar-refractivity contribution in [3.05, 3.63) is 84.2 Å². The van der Waals surface area contributed by atoms with E-state index in [0.717, 1.165) is 11.3 Å². The second-order valence-electron chi connectivity index (χ2n) is 5.86. The molecule has 128 valence electrons. The smallest absolute Gasteiger partial charge is 0.133 e. The van der Waals surface area contributed by atoms with E-state index in [1.807, 2.05) is 41.0 Å². The van der Waals surface area contributed by atoms with E-state index in [0.29, 0.717) is 22.2 Å². The third kappa shape index (κ3) is 2.50. The Morgan fingerprint density at radius 3 is 2.31 bits per heavy atom. The van der Waals surface area contributed by atoms with Crippen LogP contribution in [0.2, 0.25) is 0 Å². The zero-order valence-corrected chi connectivity index (χ0v) is 13.7. The Labute approximate surface area is 149 Å². The quantitative estimate of drug-likeness (QED) is 0.313. The van der Waals surface area contributed by atoms with Gasteiger partial charge in [0.1, 0.15) is 11.6 Å². The van der Waals surface area contributed by atoms with E-state index in [9.17, 15) is 9.50 Å². The largest absolute Gasteiger partial charge is 0.508 e. The highest BCUT2D eigenvalue weighted by molar-refractivity contribution is 6.07. The van der Waals surface area contributed by atoms with Gasteiger partial charge in [0.05, 0.1) is 17.4 Å². The Kier molecular flexibility index (Phi) is 3.89. The highest BCUT2D eigenvalue weighted by Gasteiger charge is 2.21. The van der Waals surface area contributed by atoms with Gasteiger partial charge in [-0.25, -0.2) is 4.39 Å². The normalized spacial score (nSPS) is 11.4. The molecule has 4 aromatic rings. The first-order valence-electron chi connectivity index (χ1n) is 8.06. The molecule has 0 bridgehead atoms. The fraction of sp³-hybridized carbons (Fsp3) is 0. The molecule has 0 fully saturated rings. The Balaban J connectivity index is 2.18. The Bertz CT molecular complexity index is 1100. The van der Waals surface area contributed by atoms with Crippen LogP contribution in [-0.2, 0) is 0 Å². The van der Waals surface area contributed by atoms with E-state index in [1.54, 1.807) is 30.3 Å². The van der Waals surface area contributed by atoms with Crippen molar-refractivity contribution < 1.29 is 14.7 Å². The average Bonchev–Trinajstić information content (AvgIpc) is 2.99. The predicted molar refractivity (Wildman–Crippen MR) is 99.7 cm³/mol. The molecule has 0 amide bonds. The number of nitrogens with zero attached hydrogens (tertiary/aromatic N) is 2. The molecule has 1 aromatic heterocycles. The van der Waals surface area contributed by atoms with E-state index >= 15 is 0 Å². The fourth-order valence-corrected chi connectivity index (χ4v) is 3.26. The third-order valence-electron chi connectivity index (χ3n) is 4.32. The minimum absolute atomic E-state index is 0.148. The second-order valence-corrected chi connectivity index (χ2v) is 5.86. The first kappa shape index (κ1) is 15.9. The molecule has 3 aromatic carbocycles. The van der Waals surface area contributed by atoms with Crippen LogP contribution in [0.5, 0.6) is 5.75 Å². The van der Waals surface area contributed by atoms with Gasteiger partial charge in [0.2, 0.25) is 0 Å². The van der Waals surface area contributed by atoms with E-state index in [4.69, 9.17) is 5.21 Å². The third-order valence-corrected chi connectivity index (χ3v) is 4.32. The molecule has 5 heteroatoms. The van der Waals surface area contributed by atoms with Gasteiger partial charge in [-0.15, -0.1) is 0 Å². The van der Waals surface area contributed by atoms with Crippen molar-refractivity contribution >= 4 is 17.1 Å². The summed E-state index contributed by atoms with van der Waals surface area (Å²) in [6, 6.07) is 21.0. The SMILES string of the molecule is ON=Cc1c(-c2ccccc2)n(-c2ccc(O)cc2)c2cccc(F)c12. The number of phenols is 1. The summed E-state index contributed by atoms with van der Waals surface area (Å²) in [7, 11) is 0. The number of hydrogen-bond donors (Lipinski definition) is 2. The number of halogens is 1. The van der Waals surface area contributed by atoms with Crippen molar-refractivity contribution in [1.29, 1.82) is 0 Å². The van der Waals surface area contributed by atoms with Crippen molar-refractivity contribution in [2.24, 2.45) is 5.16 Å². The molecular weight excluding hydrogens is 331 g/mol. The molecular formula is C21H15FN2O2. The average molecular weight is 346 g/mol. The molecule has 0 aliphatic heterocycles. The van der Waals surface area contributed by atoms with Gasteiger partial charge in [0, 0.05) is 16.6 Å². The first-order valence-corrected chi connectivity index (χ1v) is 8.06.